The van der Waals surface area contributed by atoms with Gasteiger partial charge in [0.1, 0.15) is 0 Å². The van der Waals surface area contributed by atoms with Gasteiger partial charge in [0.15, 0.2) is 0 Å². The van der Waals surface area contributed by atoms with Gasteiger partial charge in [0, 0.05) is 13.2 Å². The fraction of sp³-hybridized carbons (Fsp3) is 0.438. The lowest BCUT2D eigenvalue weighted by Crippen LogP contribution is -2.27. The number of aryl methyl sites for hydroxylation is 1. The maximum atomic E-state index is 12.5. The summed E-state index contributed by atoms with van der Waals surface area (Å²) >= 11 is 0. The van der Waals surface area contributed by atoms with Gasteiger partial charge in [0.2, 0.25) is 0 Å². The Kier molecular flexibility index (Phi) is 5.40. The molecule has 0 atom stereocenters. The highest BCUT2D eigenvalue weighted by molar-refractivity contribution is 7.89. The van der Waals surface area contributed by atoms with Gasteiger partial charge in [-0.25, -0.2) is 13.2 Å². The van der Waals surface area contributed by atoms with Crippen molar-refractivity contribution in [2.45, 2.75) is 32.6 Å². The fourth-order valence-corrected chi connectivity index (χ4v) is 2.85. The van der Waals surface area contributed by atoms with E-state index in [1.165, 1.54) is 20.4 Å². The van der Waals surface area contributed by atoms with Crippen molar-refractivity contribution in [3.8, 4) is 0 Å². The number of hydrogen-bond donors (Lipinski definition) is 0. The standard InChI is InChI=1S/C16H23NO4S/c1-12-7-9-13(10-8-12)22(19,20)17(5)11-14(15(18)21-6)16(2,3)4/h7-11H,1-6H3/b14-11-. The summed E-state index contributed by atoms with van der Waals surface area (Å²) in [6, 6.07) is 6.55. The summed E-state index contributed by atoms with van der Waals surface area (Å²) in [7, 11) is -1.02. The first kappa shape index (κ1) is 18.2. The van der Waals surface area contributed by atoms with Crippen LogP contribution in [0.25, 0.3) is 0 Å². The van der Waals surface area contributed by atoms with E-state index in [1.807, 2.05) is 27.7 Å². The van der Waals surface area contributed by atoms with Gasteiger partial charge in [0.25, 0.3) is 10.0 Å². The lowest BCUT2D eigenvalue weighted by molar-refractivity contribution is -0.137. The minimum Gasteiger partial charge on any atom is -0.466 e. The molecule has 0 aliphatic heterocycles. The molecular weight excluding hydrogens is 302 g/mol. The smallest absolute Gasteiger partial charge is 0.335 e. The maximum absolute atomic E-state index is 12.5. The zero-order valence-corrected chi connectivity index (χ0v) is 14.7. The number of carbonyl (C=O) groups is 1. The molecule has 0 saturated carbocycles. The molecule has 0 bridgehead atoms. The summed E-state index contributed by atoms with van der Waals surface area (Å²) in [5.41, 5.74) is 0.722. The predicted molar refractivity (Wildman–Crippen MR) is 85.7 cm³/mol. The molecule has 6 heteroatoms. The molecule has 1 rings (SSSR count). The highest BCUT2D eigenvalue weighted by Gasteiger charge is 2.27. The summed E-state index contributed by atoms with van der Waals surface area (Å²) in [6.07, 6.45) is 1.32. The van der Waals surface area contributed by atoms with Crippen LogP contribution in [0.5, 0.6) is 0 Å². The molecule has 0 saturated heterocycles. The molecule has 0 amide bonds. The minimum atomic E-state index is -3.70. The summed E-state index contributed by atoms with van der Waals surface area (Å²) in [6.45, 7) is 7.35. The lowest BCUT2D eigenvalue weighted by Gasteiger charge is -2.24. The first-order valence-corrected chi connectivity index (χ1v) is 8.29. The molecule has 1 aromatic carbocycles. The van der Waals surface area contributed by atoms with Crippen LogP contribution in [0.1, 0.15) is 26.3 Å². The fourth-order valence-electron chi connectivity index (χ4n) is 1.79. The molecule has 0 aliphatic rings. The van der Waals surface area contributed by atoms with Crippen LogP contribution in [0.4, 0.5) is 0 Å². The van der Waals surface area contributed by atoms with E-state index < -0.39 is 21.4 Å². The second-order valence-electron chi connectivity index (χ2n) is 6.12. The molecule has 0 spiro atoms. The van der Waals surface area contributed by atoms with Crippen molar-refractivity contribution in [1.82, 2.24) is 4.31 Å². The van der Waals surface area contributed by atoms with Crippen LogP contribution in [-0.4, -0.2) is 32.8 Å². The van der Waals surface area contributed by atoms with Crippen molar-refractivity contribution in [2.24, 2.45) is 5.41 Å². The van der Waals surface area contributed by atoms with Crippen molar-refractivity contribution in [3.05, 3.63) is 41.6 Å². The number of hydrogen-bond acceptors (Lipinski definition) is 4. The van der Waals surface area contributed by atoms with Crippen molar-refractivity contribution in [1.29, 1.82) is 0 Å². The van der Waals surface area contributed by atoms with E-state index in [-0.39, 0.29) is 10.5 Å². The van der Waals surface area contributed by atoms with Crippen molar-refractivity contribution >= 4 is 16.0 Å². The lowest BCUT2D eigenvalue weighted by atomic mass is 9.87. The van der Waals surface area contributed by atoms with E-state index in [0.717, 1.165) is 9.87 Å². The summed E-state index contributed by atoms with van der Waals surface area (Å²) in [4.78, 5) is 12.1. The Morgan fingerprint density at radius 1 is 1.18 bits per heavy atom. The Balaban J connectivity index is 3.27. The highest BCUT2D eigenvalue weighted by Crippen LogP contribution is 2.27. The molecular formula is C16H23NO4S. The molecule has 0 aliphatic carbocycles. The summed E-state index contributed by atoms with van der Waals surface area (Å²) in [5, 5.41) is 0. The van der Waals surface area contributed by atoms with E-state index in [1.54, 1.807) is 24.3 Å². The average Bonchev–Trinajstić information content (AvgIpc) is 2.42. The van der Waals surface area contributed by atoms with Gasteiger partial charge >= 0.3 is 5.97 Å². The van der Waals surface area contributed by atoms with Crippen LogP contribution in [0.15, 0.2) is 40.9 Å². The van der Waals surface area contributed by atoms with Crippen LogP contribution < -0.4 is 0 Å². The molecule has 1 aromatic rings. The number of esters is 1. The third-order valence-corrected chi connectivity index (χ3v) is 4.95. The van der Waals surface area contributed by atoms with Crippen molar-refractivity contribution in [3.63, 3.8) is 0 Å². The molecule has 0 aromatic heterocycles. The van der Waals surface area contributed by atoms with Gasteiger partial charge in [-0.2, -0.15) is 0 Å². The Labute approximate surface area is 132 Å². The first-order chi connectivity index (χ1) is 10.00. The Morgan fingerprint density at radius 3 is 2.09 bits per heavy atom. The first-order valence-electron chi connectivity index (χ1n) is 6.85. The third-order valence-electron chi connectivity index (χ3n) is 3.22. The van der Waals surface area contributed by atoms with Gasteiger partial charge in [-0.15, -0.1) is 0 Å². The van der Waals surface area contributed by atoms with Crippen LogP contribution in [0, 0.1) is 12.3 Å². The van der Waals surface area contributed by atoms with Crippen LogP contribution in [0.3, 0.4) is 0 Å². The molecule has 0 N–H and O–H groups in total. The molecule has 22 heavy (non-hydrogen) atoms. The number of benzene rings is 1. The third kappa shape index (κ3) is 4.10. The second-order valence-corrected chi connectivity index (χ2v) is 8.12. The number of carbonyl (C=O) groups excluding carboxylic acids is 1. The number of rotatable bonds is 4. The predicted octanol–water partition coefficient (Wildman–Crippen LogP) is 2.72. The van der Waals surface area contributed by atoms with E-state index in [2.05, 4.69) is 0 Å². The van der Waals surface area contributed by atoms with E-state index in [4.69, 9.17) is 4.74 Å². The zero-order chi connectivity index (χ0) is 17.1. The van der Waals surface area contributed by atoms with Crippen molar-refractivity contribution < 1.29 is 17.9 Å². The molecule has 0 fully saturated rings. The molecule has 122 valence electrons. The quantitative estimate of drug-likeness (QED) is 0.631. The van der Waals surface area contributed by atoms with E-state index >= 15 is 0 Å². The highest BCUT2D eigenvalue weighted by atomic mass is 32.2. The number of sulfonamides is 1. The van der Waals surface area contributed by atoms with Crippen LogP contribution in [-0.2, 0) is 19.6 Å². The van der Waals surface area contributed by atoms with Crippen LogP contribution in [0.2, 0.25) is 0 Å². The molecule has 0 heterocycles. The Hall–Kier alpha value is -1.82. The summed E-state index contributed by atoms with van der Waals surface area (Å²) in [5.74, 6) is -0.543. The topological polar surface area (TPSA) is 63.7 Å². The number of nitrogens with zero attached hydrogens (tertiary/aromatic N) is 1. The van der Waals surface area contributed by atoms with Crippen LogP contribution >= 0.6 is 0 Å². The molecule has 5 nitrogen and oxygen atoms in total. The van der Waals surface area contributed by atoms with Gasteiger partial charge in [-0.3, -0.25) is 4.31 Å². The largest absolute Gasteiger partial charge is 0.466 e. The van der Waals surface area contributed by atoms with Gasteiger partial charge in [0.05, 0.1) is 17.6 Å². The zero-order valence-electron chi connectivity index (χ0n) is 13.9. The SMILES string of the molecule is COC(=O)/C(=C/N(C)S(=O)(=O)c1ccc(C)cc1)C(C)(C)C. The number of ether oxygens (including phenoxy) is 1. The number of methoxy groups -OCH3 is 1. The van der Waals surface area contributed by atoms with E-state index in [0.29, 0.717) is 0 Å². The minimum absolute atomic E-state index is 0.176. The average molecular weight is 325 g/mol. The van der Waals surface area contributed by atoms with E-state index in [9.17, 15) is 13.2 Å². The Morgan fingerprint density at radius 2 is 1.68 bits per heavy atom. The monoisotopic (exact) mass is 325 g/mol. The van der Waals surface area contributed by atoms with Crippen molar-refractivity contribution in [2.75, 3.05) is 14.2 Å². The molecule has 0 unspecified atom stereocenters. The van der Waals surface area contributed by atoms with Gasteiger partial charge in [-0.05, 0) is 24.5 Å². The maximum Gasteiger partial charge on any atom is 0.335 e. The van der Waals surface area contributed by atoms with Gasteiger partial charge < -0.3 is 4.74 Å². The Bertz CT molecular complexity index is 667. The summed E-state index contributed by atoms with van der Waals surface area (Å²) < 4.78 is 30.9. The second kappa shape index (κ2) is 6.52. The van der Waals surface area contributed by atoms with Gasteiger partial charge in [-0.1, -0.05) is 38.5 Å². The molecule has 0 radical (unpaired) electrons. The normalized spacial score (nSPS) is 12.9.